The average Bonchev–Trinajstić information content (AvgIpc) is 3.10. The Labute approximate surface area is 377 Å². The molecule has 1 radical (unpaired) electrons. The van der Waals surface area contributed by atoms with Crippen LogP contribution < -0.4 is 69.7 Å². The minimum Gasteiger partial charge on any atom is -0.510 e. The Morgan fingerprint density at radius 1 is 0.684 bits per heavy atom. The summed E-state index contributed by atoms with van der Waals surface area (Å²) in [7, 11) is -4.87. The van der Waals surface area contributed by atoms with Crippen molar-refractivity contribution in [3.05, 3.63) is 134 Å². The summed E-state index contributed by atoms with van der Waals surface area (Å²) in [4.78, 5) is 43.5. The first kappa shape index (κ1) is 51.9. The van der Waals surface area contributed by atoms with Crippen molar-refractivity contribution in [1.29, 1.82) is 0 Å². The van der Waals surface area contributed by atoms with Gasteiger partial charge >= 0.3 is 64.8 Å². The van der Waals surface area contributed by atoms with E-state index in [-0.39, 0.29) is 93.0 Å². The van der Waals surface area contributed by atoms with Crippen molar-refractivity contribution in [2.24, 2.45) is 20.5 Å². The number of para-hydroxylation sites is 2. The molecule has 4 aromatic rings. The fourth-order valence-corrected chi connectivity index (χ4v) is 4.37. The number of non-ortho nitro benzene ring substituents is 1. The quantitative estimate of drug-likeness (QED) is 0.0210. The van der Waals surface area contributed by atoms with Crippen molar-refractivity contribution in [2.75, 3.05) is 10.6 Å². The largest absolute Gasteiger partial charge is 1.00 e. The van der Waals surface area contributed by atoms with Gasteiger partial charge in [0.25, 0.3) is 27.6 Å². The first-order valence-corrected chi connectivity index (χ1v) is 16.1. The number of carbonyl (C=O) groups excluding carboxylic acids is 2. The maximum Gasteiger partial charge on any atom is 1.00 e. The van der Waals surface area contributed by atoms with Crippen LogP contribution in [0.1, 0.15) is 13.8 Å². The first-order chi connectivity index (χ1) is 25.4. The maximum atomic E-state index is 12.3. The Bertz CT molecular complexity index is 2330. The number of aliphatic hydroxyl groups excluding tert-OH is 2. The number of nitrogens with one attached hydrogen (secondary N) is 2. The second kappa shape index (κ2) is 23.9. The van der Waals surface area contributed by atoms with Crippen LogP contribution in [-0.2, 0) is 36.5 Å². The van der Waals surface area contributed by atoms with Gasteiger partial charge in [-0.2, -0.15) is 8.42 Å². The number of anilines is 2. The van der Waals surface area contributed by atoms with E-state index in [0.717, 1.165) is 25.1 Å². The molecule has 0 aliphatic carbocycles. The van der Waals surface area contributed by atoms with Crippen LogP contribution >= 0.6 is 0 Å². The summed E-state index contributed by atoms with van der Waals surface area (Å²) >= 11 is 0. The molecule has 25 heteroatoms. The van der Waals surface area contributed by atoms with Gasteiger partial charge in [0, 0.05) is 46.4 Å². The van der Waals surface area contributed by atoms with Crippen molar-refractivity contribution >= 4 is 56.1 Å². The van der Waals surface area contributed by atoms with Gasteiger partial charge in [-0.15, -0.1) is 20.5 Å². The van der Waals surface area contributed by atoms with E-state index in [4.69, 9.17) is 4.55 Å². The number of aromatic hydroxyl groups is 2. The summed E-state index contributed by atoms with van der Waals surface area (Å²) in [6, 6.07) is 20.8. The zero-order valence-electron chi connectivity index (χ0n) is 30.1. The number of nitrogens with zero attached hydrogens (tertiary/aromatic N) is 6. The smallest absolute Gasteiger partial charge is 0.510 e. The van der Waals surface area contributed by atoms with Crippen LogP contribution in [0, 0.1) is 20.2 Å². The number of hydrogen-bond donors (Lipinski definition) is 7. The summed E-state index contributed by atoms with van der Waals surface area (Å²) in [6.45, 7) is 2.36. The molecule has 0 bridgehead atoms. The number of amides is 2. The second-order valence-electron chi connectivity index (χ2n) is 10.4. The van der Waals surface area contributed by atoms with Gasteiger partial charge in [-0.25, -0.2) is 0 Å². The fraction of sp³-hybridized carbons (Fsp3) is 0.0625. The standard InChI is InChI=1S/C16H14N4O8S.C16H14N4O5.Co.2Na/c1-9(21)14(16(23)17-10-5-3-2-4-6-10)19-18-12-7-11(29(26,27)28)8-13(15(12)22)20(24)25;1-10(21)15(16(23)17-11-5-3-2-4-6-11)19-18-13-9-12(20(24)25)7-8-14(13)22;;;/h2-8,21-22H,1H3,(H,17,23)(H,26,27,28);2-9,21-22H,1H3,(H,17,23);;;/q;;;2*+1/b14-9-,19-18?;15-10-,19-18?;;;. The zero-order chi connectivity index (χ0) is 40.2. The minimum atomic E-state index is -4.87. The Morgan fingerprint density at radius 2 is 1.12 bits per heavy atom. The molecule has 0 atom stereocenters. The van der Waals surface area contributed by atoms with Gasteiger partial charge < -0.3 is 31.1 Å². The van der Waals surface area contributed by atoms with Crippen LogP contribution in [0.5, 0.6) is 11.5 Å². The third-order valence-corrected chi connectivity index (χ3v) is 7.23. The van der Waals surface area contributed by atoms with Crippen molar-refractivity contribution in [3.8, 4) is 11.5 Å². The molecule has 21 nitrogen and oxygen atoms in total. The Morgan fingerprint density at radius 3 is 1.51 bits per heavy atom. The summed E-state index contributed by atoms with van der Waals surface area (Å²) in [6.07, 6.45) is 0. The van der Waals surface area contributed by atoms with Crippen LogP contribution in [0.4, 0.5) is 34.1 Å². The van der Waals surface area contributed by atoms with E-state index < -0.39 is 76.7 Å². The number of azo groups is 2. The Balaban J connectivity index is 0.00000105. The van der Waals surface area contributed by atoms with Gasteiger partial charge in [0.2, 0.25) is 5.75 Å². The van der Waals surface area contributed by atoms with Gasteiger partial charge in [0.05, 0.1) is 9.85 Å². The molecule has 0 aromatic heterocycles. The molecule has 4 rings (SSSR count). The van der Waals surface area contributed by atoms with E-state index in [1.807, 2.05) is 0 Å². The number of benzene rings is 4. The molecule has 0 aliphatic heterocycles. The van der Waals surface area contributed by atoms with Gasteiger partial charge in [-0.05, 0) is 50.2 Å². The summed E-state index contributed by atoms with van der Waals surface area (Å²) in [5.41, 5.74) is -2.43. The number of rotatable bonds is 11. The second-order valence-corrected chi connectivity index (χ2v) is 11.8. The third kappa shape index (κ3) is 15.8. The normalized spacial score (nSPS) is 11.6. The number of hydrogen-bond acceptors (Lipinski definition) is 16. The van der Waals surface area contributed by atoms with Crippen molar-refractivity contribution in [3.63, 3.8) is 0 Å². The van der Waals surface area contributed by atoms with E-state index in [1.54, 1.807) is 60.7 Å². The maximum absolute atomic E-state index is 12.3. The van der Waals surface area contributed by atoms with Gasteiger partial charge in [0.1, 0.15) is 33.5 Å². The van der Waals surface area contributed by atoms with Gasteiger partial charge in [-0.1, -0.05) is 36.4 Å². The molecule has 0 fully saturated rings. The Hall–Kier alpha value is -5.08. The fourth-order valence-electron chi connectivity index (χ4n) is 3.84. The summed E-state index contributed by atoms with van der Waals surface area (Å²) < 4.78 is 31.7. The SMILES string of the molecule is C/C(O)=C(/N=Nc1cc(S(=O)(=O)O)cc([N+](=O)[O-])c1O)C(=O)Nc1ccccc1.C/C(O)=C(/N=Nc1cc([N+](=O)[O-])ccc1O)C(=O)Nc1ccccc1.[Co].[Na+].[Na+]. The molecule has 2 amide bonds. The number of nitro groups is 2. The Kier molecular flexibility index (Phi) is 21.7. The van der Waals surface area contributed by atoms with Crippen LogP contribution in [-0.4, -0.2) is 55.1 Å². The molecule has 0 aliphatic rings. The number of aliphatic hydroxyl groups is 2. The molecule has 0 saturated heterocycles. The van der Waals surface area contributed by atoms with Crippen LogP contribution in [0.25, 0.3) is 0 Å². The van der Waals surface area contributed by atoms with Crippen molar-refractivity contribution in [1.82, 2.24) is 0 Å². The topological polar surface area (TPSA) is 329 Å². The molecule has 4 aromatic carbocycles. The molecular weight excluding hydrogens is 841 g/mol. The van der Waals surface area contributed by atoms with Crippen LogP contribution in [0.2, 0.25) is 0 Å². The van der Waals surface area contributed by atoms with Gasteiger partial charge in [-0.3, -0.25) is 34.4 Å². The van der Waals surface area contributed by atoms with Crippen molar-refractivity contribution in [2.45, 2.75) is 18.7 Å². The third-order valence-electron chi connectivity index (χ3n) is 6.40. The zero-order valence-corrected chi connectivity index (χ0v) is 35.9. The molecule has 7 N–H and O–H groups in total. The van der Waals surface area contributed by atoms with E-state index in [2.05, 4.69) is 31.1 Å². The number of carbonyl (C=O) groups is 2. The number of phenolic OH excluding ortho intramolecular Hbond substituents is 2. The van der Waals surface area contributed by atoms with Crippen molar-refractivity contribution < 1.29 is 129 Å². The number of nitro benzene ring substituents is 2. The van der Waals surface area contributed by atoms with Crippen LogP contribution in [0.15, 0.2) is 139 Å². The minimum absolute atomic E-state index is 0. The first-order valence-electron chi connectivity index (χ1n) is 14.7. The average molecular weight is 870 g/mol. The van der Waals surface area contributed by atoms with Crippen LogP contribution in [0.3, 0.4) is 0 Å². The molecule has 0 spiro atoms. The summed E-state index contributed by atoms with van der Waals surface area (Å²) in [5.74, 6) is -3.98. The van der Waals surface area contributed by atoms with E-state index in [1.165, 1.54) is 6.92 Å². The predicted octanol–water partition coefficient (Wildman–Crippen LogP) is 0.877. The molecule has 0 unspecified atom stereocenters. The van der Waals surface area contributed by atoms with E-state index in [9.17, 15) is 58.7 Å². The predicted molar refractivity (Wildman–Crippen MR) is 189 cm³/mol. The molecule has 289 valence electrons. The van der Waals surface area contributed by atoms with E-state index >= 15 is 0 Å². The number of phenols is 2. The molecule has 57 heavy (non-hydrogen) atoms. The van der Waals surface area contributed by atoms with Gasteiger partial charge in [0.15, 0.2) is 11.4 Å². The monoisotopic (exact) mass is 869 g/mol. The number of allylic oxidation sites excluding steroid dienone is 2. The van der Waals surface area contributed by atoms with E-state index in [0.29, 0.717) is 23.5 Å². The molecular formula is C32H28CoN8Na2O13S+2. The summed E-state index contributed by atoms with van der Waals surface area (Å²) in [5, 5.41) is 79.8. The molecule has 0 heterocycles. The molecule has 0 saturated carbocycles.